The molecule has 1 aromatic rings. The number of carboxylic acid groups (broad SMARTS) is 1. The molecule has 4 nitrogen and oxygen atoms in total. The summed E-state index contributed by atoms with van der Waals surface area (Å²) in [6, 6.07) is 6.17. The minimum atomic E-state index is -0.833. The highest BCUT2D eigenvalue weighted by molar-refractivity contribution is 5.63. The standard InChI is InChI=1S/C9H11NO.C2H4O2/c1-11-8-3-2-7-4-5-10-9(7)6-8;1-2(3)4/h2-3,6,10H,4-5H2,1H3;1H3,(H,3,4). The number of hydrogen-bond acceptors (Lipinski definition) is 3. The highest BCUT2D eigenvalue weighted by atomic mass is 16.5. The van der Waals surface area contributed by atoms with Crippen LogP contribution in [0.2, 0.25) is 0 Å². The maximum Gasteiger partial charge on any atom is 0.300 e. The van der Waals surface area contributed by atoms with E-state index in [1.807, 2.05) is 12.1 Å². The predicted octanol–water partition coefficient (Wildman–Crippen LogP) is 1.75. The van der Waals surface area contributed by atoms with Crippen molar-refractivity contribution in [2.24, 2.45) is 0 Å². The van der Waals surface area contributed by atoms with Crippen molar-refractivity contribution in [3.63, 3.8) is 0 Å². The first-order valence-corrected chi connectivity index (χ1v) is 4.74. The van der Waals surface area contributed by atoms with E-state index in [1.165, 1.54) is 11.3 Å². The Morgan fingerprint density at radius 3 is 2.80 bits per heavy atom. The molecule has 0 aromatic heterocycles. The fourth-order valence-corrected chi connectivity index (χ4v) is 1.40. The number of aliphatic carboxylic acids is 1. The van der Waals surface area contributed by atoms with Gasteiger partial charge in [-0.3, -0.25) is 4.79 Å². The van der Waals surface area contributed by atoms with Gasteiger partial charge in [-0.15, -0.1) is 0 Å². The van der Waals surface area contributed by atoms with Crippen LogP contribution in [0.5, 0.6) is 5.75 Å². The van der Waals surface area contributed by atoms with Gasteiger partial charge in [0.15, 0.2) is 0 Å². The summed E-state index contributed by atoms with van der Waals surface area (Å²) in [7, 11) is 1.69. The normalized spacial score (nSPS) is 11.9. The summed E-state index contributed by atoms with van der Waals surface area (Å²) in [5, 5.41) is 10.7. The zero-order valence-electron chi connectivity index (χ0n) is 8.91. The molecular formula is C11H15NO3. The lowest BCUT2D eigenvalue weighted by Gasteiger charge is -2.02. The molecule has 0 unspecified atom stereocenters. The van der Waals surface area contributed by atoms with Crippen molar-refractivity contribution < 1.29 is 14.6 Å². The van der Waals surface area contributed by atoms with Crippen LogP contribution in [0.4, 0.5) is 5.69 Å². The third-order valence-corrected chi connectivity index (χ3v) is 2.03. The van der Waals surface area contributed by atoms with Gasteiger partial charge in [-0.1, -0.05) is 6.07 Å². The van der Waals surface area contributed by atoms with Crippen molar-refractivity contribution in [3.8, 4) is 5.75 Å². The molecular weight excluding hydrogens is 194 g/mol. The second-order valence-corrected chi connectivity index (χ2v) is 3.22. The number of hydrogen-bond donors (Lipinski definition) is 2. The van der Waals surface area contributed by atoms with E-state index in [2.05, 4.69) is 11.4 Å². The van der Waals surface area contributed by atoms with Crippen molar-refractivity contribution in [1.29, 1.82) is 0 Å². The molecule has 0 fully saturated rings. The molecule has 1 heterocycles. The van der Waals surface area contributed by atoms with Gasteiger partial charge in [0.25, 0.3) is 5.97 Å². The second-order valence-electron chi connectivity index (χ2n) is 3.22. The van der Waals surface area contributed by atoms with Crippen LogP contribution < -0.4 is 10.1 Å². The number of carboxylic acids is 1. The highest BCUT2D eigenvalue weighted by Crippen LogP contribution is 2.26. The molecule has 0 atom stereocenters. The van der Waals surface area contributed by atoms with Crippen LogP contribution in [-0.2, 0) is 11.2 Å². The van der Waals surface area contributed by atoms with Crippen LogP contribution >= 0.6 is 0 Å². The van der Waals surface area contributed by atoms with E-state index in [1.54, 1.807) is 7.11 Å². The van der Waals surface area contributed by atoms with E-state index in [0.717, 1.165) is 25.6 Å². The lowest BCUT2D eigenvalue weighted by molar-refractivity contribution is -0.134. The zero-order chi connectivity index (χ0) is 11.3. The Morgan fingerprint density at radius 2 is 2.20 bits per heavy atom. The molecule has 15 heavy (non-hydrogen) atoms. The number of fused-ring (bicyclic) bond motifs is 1. The average molecular weight is 209 g/mol. The molecule has 4 heteroatoms. The Morgan fingerprint density at radius 1 is 1.53 bits per heavy atom. The van der Waals surface area contributed by atoms with Gasteiger partial charge in [0.2, 0.25) is 0 Å². The summed E-state index contributed by atoms with van der Waals surface area (Å²) in [6.45, 7) is 2.14. The summed E-state index contributed by atoms with van der Waals surface area (Å²) in [4.78, 5) is 9.00. The fourth-order valence-electron chi connectivity index (χ4n) is 1.40. The maximum absolute atomic E-state index is 9.00. The monoisotopic (exact) mass is 209 g/mol. The van der Waals surface area contributed by atoms with Crippen molar-refractivity contribution in [2.45, 2.75) is 13.3 Å². The third kappa shape index (κ3) is 3.50. The van der Waals surface area contributed by atoms with Gasteiger partial charge in [-0.25, -0.2) is 0 Å². The summed E-state index contributed by atoms with van der Waals surface area (Å²) in [6.07, 6.45) is 1.14. The SMILES string of the molecule is CC(=O)O.COc1ccc2c(c1)NCC2. The Hall–Kier alpha value is -1.71. The quantitative estimate of drug-likeness (QED) is 0.739. The summed E-state index contributed by atoms with van der Waals surface area (Å²) < 4.78 is 5.10. The number of carbonyl (C=O) groups is 1. The van der Waals surface area contributed by atoms with Gasteiger partial charge in [0.05, 0.1) is 7.11 Å². The van der Waals surface area contributed by atoms with Crippen LogP contribution in [0.3, 0.4) is 0 Å². The highest BCUT2D eigenvalue weighted by Gasteiger charge is 2.09. The van der Waals surface area contributed by atoms with Crippen LogP contribution in [-0.4, -0.2) is 24.7 Å². The van der Waals surface area contributed by atoms with Gasteiger partial charge in [0, 0.05) is 25.2 Å². The maximum atomic E-state index is 9.00. The summed E-state index contributed by atoms with van der Waals surface area (Å²) in [5.74, 6) is 0.0955. The molecule has 82 valence electrons. The molecule has 2 rings (SSSR count). The first kappa shape index (κ1) is 11.4. The molecule has 0 bridgehead atoms. The Kier molecular flexibility index (Phi) is 3.97. The van der Waals surface area contributed by atoms with E-state index >= 15 is 0 Å². The Balaban J connectivity index is 0.000000245. The number of anilines is 1. The van der Waals surface area contributed by atoms with Crippen molar-refractivity contribution in [2.75, 3.05) is 19.0 Å². The van der Waals surface area contributed by atoms with E-state index < -0.39 is 5.97 Å². The summed E-state index contributed by atoms with van der Waals surface area (Å²) in [5.41, 5.74) is 2.62. The molecule has 1 aliphatic heterocycles. The van der Waals surface area contributed by atoms with E-state index in [-0.39, 0.29) is 0 Å². The number of ether oxygens (including phenoxy) is 1. The zero-order valence-corrected chi connectivity index (χ0v) is 8.91. The van der Waals surface area contributed by atoms with Crippen LogP contribution in [0.1, 0.15) is 12.5 Å². The van der Waals surface area contributed by atoms with E-state index in [9.17, 15) is 0 Å². The van der Waals surface area contributed by atoms with Crippen LogP contribution in [0.15, 0.2) is 18.2 Å². The van der Waals surface area contributed by atoms with Gasteiger partial charge < -0.3 is 15.2 Å². The smallest absolute Gasteiger partial charge is 0.300 e. The minimum absolute atomic E-state index is 0.833. The van der Waals surface area contributed by atoms with Gasteiger partial charge in [0.1, 0.15) is 5.75 Å². The topological polar surface area (TPSA) is 58.6 Å². The lowest BCUT2D eigenvalue weighted by atomic mass is 10.2. The lowest BCUT2D eigenvalue weighted by Crippen LogP contribution is -1.91. The molecule has 0 saturated heterocycles. The molecule has 0 amide bonds. The minimum Gasteiger partial charge on any atom is -0.497 e. The molecule has 0 aliphatic carbocycles. The van der Waals surface area contributed by atoms with E-state index in [0.29, 0.717) is 0 Å². The molecule has 0 radical (unpaired) electrons. The third-order valence-electron chi connectivity index (χ3n) is 2.03. The number of methoxy groups -OCH3 is 1. The second kappa shape index (κ2) is 5.24. The largest absolute Gasteiger partial charge is 0.497 e. The predicted molar refractivity (Wildman–Crippen MR) is 58.5 cm³/mol. The van der Waals surface area contributed by atoms with Gasteiger partial charge in [-0.2, -0.15) is 0 Å². The van der Waals surface area contributed by atoms with Crippen molar-refractivity contribution in [1.82, 2.24) is 0 Å². The molecule has 1 aromatic carbocycles. The van der Waals surface area contributed by atoms with Crippen molar-refractivity contribution in [3.05, 3.63) is 23.8 Å². The average Bonchev–Trinajstić information content (AvgIpc) is 2.63. The molecule has 2 N–H and O–H groups in total. The first-order valence-electron chi connectivity index (χ1n) is 4.74. The number of rotatable bonds is 1. The first-order chi connectivity index (χ1) is 7.13. The Labute approximate surface area is 88.9 Å². The van der Waals surface area contributed by atoms with Crippen LogP contribution in [0, 0.1) is 0 Å². The van der Waals surface area contributed by atoms with Crippen LogP contribution in [0.25, 0.3) is 0 Å². The van der Waals surface area contributed by atoms with Gasteiger partial charge >= 0.3 is 0 Å². The molecule has 1 aliphatic rings. The molecule has 0 saturated carbocycles. The van der Waals surface area contributed by atoms with Gasteiger partial charge in [-0.05, 0) is 18.1 Å². The Bertz CT molecular complexity index is 346. The molecule has 0 spiro atoms. The summed E-state index contributed by atoms with van der Waals surface area (Å²) >= 11 is 0. The number of nitrogens with one attached hydrogen (secondary N) is 1. The number of benzene rings is 1. The van der Waals surface area contributed by atoms with E-state index in [4.69, 9.17) is 14.6 Å². The fraction of sp³-hybridized carbons (Fsp3) is 0.364. The van der Waals surface area contributed by atoms with Crippen molar-refractivity contribution >= 4 is 11.7 Å².